The molecule has 6 nitrogen and oxygen atoms in total. The number of fused-ring (bicyclic) bond motifs is 2. The summed E-state index contributed by atoms with van der Waals surface area (Å²) >= 11 is 0. The summed E-state index contributed by atoms with van der Waals surface area (Å²) in [6.07, 6.45) is 12.8. The molecule has 0 saturated heterocycles. The van der Waals surface area contributed by atoms with Crippen molar-refractivity contribution in [1.29, 1.82) is 0 Å². The molecule has 1 aromatic rings. The molecule has 0 spiro atoms. The van der Waals surface area contributed by atoms with E-state index < -0.39 is 0 Å². The standard InChI is InChI=1S/C22H22N4O2/c27-21(25-23-19-11-15-3-1-5-17(15)19)13-7-9-14(10-8-13)22(28)26-24-20-12-16-4-2-6-18(16)20/h1-2,5-10,15-18H,3-4,11-12H2,(H,25,27)(H,26,28)/b23-19+,24-20+. The van der Waals surface area contributed by atoms with Gasteiger partial charge in [0.1, 0.15) is 0 Å². The molecule has 2 saturated carbocycles. The monoisotopic (exact) mass is 374 g/mol. The summed E-state index contributed by atoms with van der Waals surface area (Å²) in [7, 11) is 0. The van der Waals surface area contributed by atoms with Gasteiger partial charge in [0, 0.05) is 34.4 Å². The van der Waals surface area contributed by atoms with Crippen LogP contribution in [0.1, 0.15) is 46.4 Å². The quantitative estimate of drug-likeness (QED) is 0.627. The van der Waals surface area contributed by atoms with Gasteiger partial charge in [-0.3, -0.25) is 9.59 Å². The van der Waals surface area contributed by atoms with Crippen LogP contribution in [0.2, 0.25) is 0 Å². The highest BCUT2D eigenvalue weighted by atomic mass is 16.2. The van der Waals surface area contributed by atoms with Gasteiger partial charge in [-0.15, -0.1) is 0 Å². The molecular formula is C22H22N4O2. The normalized spacial score (nSPS) is 31.9. The number of nitrogens with one attached hydrogen (secondary N) is 2. The predicted octanol–water partition coefficient (Wildman–Crippen LogP) is 3.05. The second kappa shape index (κ2) is 6.86. The number of amides is 2. The van der Waals surface area contributed by atoms with Gasteiger partial charge in [-0.1, -0.05) is 24.3 Å². The zero-order valence-electron chi connectivity index (χ0n) is 15.5. The van der Waals surface area contributed by atoms with Gasteiger partial charge in [0.05, 0.1) is 0 Å². The molecule has 5 rings (SSSR count). The summed E-state index contributed by atoms with van der Waals surface area (Å²) in [6, 6.07) is 6.54. The van der Waals surface area contributed by atoms with Crippen LogP contribution in [0, 0.1) is 23.7 Å². The highest BCUT2D eigenvalue weighted by molar-refractivity contribution is 6.00. The topological polar surface area (TPSA) is 82.9 Å². The van der Waals surface area contributed by atoms with Gasteiger partial charge >= 0.3 is 0 Å². The van der Waals surface area contributed by atoms with E-state index in [0.29, 0.717) is 34.8 Å². The van der Waals surface area contributed by atoms with E-state index in [2.05, 4.69) is 45.4 Å². The SMILES string of the molecule is O=C(N/N=C1\CC2CC=CC12)c1ccc(C(=O)N/N=C2\CC3CC=CC23)cc1. The minimum absolute atomic E-state index is 0.265. The van der Waals surface area contributed by atoms with Crippen LogP contribution in [0.4, 0.5) is 0 Å². The Hall–Kier alpha value is -3.02. The van der Waals surface area contributed by atoms with Crippen molar-refractivity contribution in [3.8, 4) is 0 Å². The Balaban J connectivity index is 1.16. The zero-order chi connectivity index (χ0) is 19.1. The fourth-order valence-corrected chi connectivity index (χ4v) is 4.47. The molecule has 6 heteroatoms. The lowest BCUT2D eigenvalue weighted by Gasteiger charge is -2.31. The highest BCUT2D eigenvalue weighted by Crippen LogP contribution is 2.40. The maximum atomic E-state index is 12.3. The van der Waals surface area contributed by atoms with Gasteiger partial charge in [0.2, 0.25) is 0 Å². The van der Waals surface area contributed by atoms with Crippen LogP contribution >= 0.6 is 0 Å². The first kappa shape index (κ1) is 17.1. The minimum Gasteiger partial charge on any atom is -0.267 e. The van der Waals surface area contributed by atoms with Crippen molar-refractivity contribution in [3.05, 3.63) is 59.7 Å². The lowest BCUT2D eigenvalue weighted by molar-refractivity contribution is 0.0942. The molecule has 0 radical (unpaired) electrons. The molecule has 4 aliphatic rings. The predicted molar refractivity (Wildman–Crippen MR) is 107 cm³/mol. The number of allylic oxidation sites excluding steroid dienone is 4. The number of nitrogens with zero attached hydrogens (tertiary/aromatic N) is 2. The van der Waals surface area contributed by atoms with Crippen molar-refractivity contribution < 1.29 is 9.59 Å². The van der Waals surface area contributed by atoms with E-state index in [-0.39, 0.29) is 11.8 Å². The third-order valence-electron chi connectivity index (χ3n) is 6.30. The van der Waals surface area contributed by atoms with Crippen molar-refractivity contribution in [2.45, 2.75) is 25.7 Å². The lowest BCUT2D eigenvalue weighted by Crippen LogP contribution is -2.35. The van der Waals surface area contributed by atoms with Crippen LogP contribution in [0.3, 0.4) is 0 Å². The van der Waals surface area contributed by atoms with Gasteiger partial charge in [0.25, 0.3) is 11.8 Å². The van der Waals surface area contributed by atoms with Gasteiger partial charge in [-0.25, -0.2) is 10.9 Å². The van der Waals surface area contributed by atoms with E-state index in [4.69, 9.17) is 0 Å². The number of rotatable bonds is 4. The molecule has 0 aromatic heterocycles. The molecule has 4 aliphatic carbocycles. The molecular weight excluding hydrogens is 352 g/mol. The summed E-state index contributed by atoms with van der Waals surface area (Å²) in [5.41, 5.74) is 8.28. The van der Waals surface area contributed by atoms with Crippen molar-refractivity contribution in [3.63, 3.8) is 0 Å². The molecule has 2 fully saturated rings. The molecule has 2 N–H and O–H groups in total. The fraction of sp³-hybridized carbons (Fsp3) is 0.364. The zero-order valence-corrected chi connectivity index (χ0v) is 15.5. The minimum atomic E-state index is -0.265. The molecule has 142 valence electrons. The molecule has 0 heterocycles. The second-order valence-electron chi connectivity index (χ2n) is 7.97. The molecule has 0 aliphatic heterocycles. The summed E-state index contributed by atoms with van der Waals surface area (Å²) in [5.74, 6) is 1.62. The van der Waals surface area contributed by atoms with E-state index in [1.54, 1.807) is 24.3 Å². The van der Waals surface area contributed by atoms with E-state index >= 15 is 0 Å². The maximum absolute atomic E-state index is 12.3. The first-order valence-electron chi connectivity index (χ1n) is 9.86. The smallest absolute Gasteiger partial charge is 0.267 e. The number of hydrazone groups is 2. The van der Waals surface area contributed by atoms with Crippen molar-refractivity contribution in [1.82, 2.24) is 10.9 Å². The molecule has 1 aromatic carbocycles. The van der Waals surface area contributed by atoms with Crippen LogP contribution < -0.4 is 10.9 Å². The van der Waals surface area contributed by atoms with Crippen molar-refractivity contribution in [2.75, 3.05) is 0 Å². The highest BCUT2D eigenvalue weighted by Gasteiger charge is 2.38. The fourth-order valence-electron chi connectivity index (χ4n) is 4.47. The maximum Gasteiger partial charge on any atom is 0.271 e. The number of benzene rings is 1. The van der Waals surface area contributed by atoms with Crippen molar-refractivity contribution in [2.24, 2.45) is 33.9 Å². The van der Waals surface area contributed by atoms with Crippen LogP contribution in [-0.2, 0) is 0 Å². The molecule has 0 bridgehead atoms. The van der Waals surface area contributed by atoms with E-state index in [1.807, 2.05) is 0 Å². The van der Waals surface area contributed by atoms with Gasteiger partial charge in [-0.2, -0.15) is 10.2 Å². The Morgan fingerprint density at radius 3 is 1.57 bits per heavy atom. The first-order chi connectivity index (χ1) is 13.7. The third kappa shape index (κ3) is 2.99. The van der Waals surface area contributed by atoms with Gasteiger partial charge < -0.3 is 0 Å². The Kier molecular flexibility index (Phi) is 4.19. The Morgan fingerprint density at radius 1 is 0.750 bits per heavy atom. The van der Waals surface area contributed by atoms with Crippen LogP contribution in [0.25, 0.3) is 0 Å². The molecule has 28 heavy (non-hydrogen) atoms. The first-order valence-corrected chi connectivity index (χ1v) is 9.86. The summed E-state index contributed by atoms with van der Waals surface area (Å²) in [4.78, 5) is 24.5. The van der Waals surface area contributed by atoms with Crippen LogP contribution in [-0.4, -0.2) is 23.2 Å². The third-order valence-corrected chi connectivity index (χ3v) is 6.30. The number of carbonyl (C=O) groups is 2. The second-order valence-corrected chi connectivity index (χ2v) is 7.97. The summed E-state index contributed by atoms with van der Waals surface area (Å²) in [6.45, 7) is 0. The number of hydrogen-bond acceptors (Lipinski definition) is 4. The van der Waals surface area contributed by atoms with Gasteiger partial charge in [0.15, 0.2) is 0 Å². The van der Waals surface area contributed by atoms with Crippen LogP contribution in [0.5, 0.6) is 0 Å². The Morgan fingerprint density at radius 2 is 1.18 bits per heavy atom. The molecule has 4 atom stereocenters. The summed E-state index contributed by atoms with van der Waals surface area (Å²) in [5, 5.41) is 8.52. The van der Waals surface area contributed by atoms with Crippen molar-refractivity contribution >= 4 is 23.2 Å². The van der Waals surface area contributed by atoms with E-state index in [1.165, 1.54) is 0 Å². The Labute approximate surface area is 163 Å². The molecule has 2 amide bonds. The average molecular weight is 374 g/mol. The van der Waals surface area contributed by atoms with Gasteiger partial charge in [-0.05, 0) is 61.8 Å². The number of carbonyl (C=O) groups excluding carboxylic acids is 2. The summed E-state index contributed by atoms with van der Waals surface area (Å²) < 4.78 is 0. The number of hydrogen-bond donors (Lipinski definition) is 2. The largest absolute Gasteiger partial charge is 0.271 e. The molecule has 4 unspecified atom stereocenters. The lowest BCUT2D eigenvalue weighted by atomic mass is 9.74. The van der Waals surface area contributed by atoms with E-state index in [9.17, 15) is 9.59 Å². The Bertz CT molecular complexity index is 865. The van der Waals surface area contributed by atoms with Crippen LogP contribution in [0.15, 0.2) is 58.8 Å². The van der Waals surface area contributed by atoms with E-state index in [0.717, 1.165) is 37.1 Å². The average Bonchev–Trinajstić information content (AvgIpc) is 3.25.